The number of nitrogens with one attached hydrogen (secondary N) is 1. The van der Waals surface area contributed by atoms with Crippen LogP contribution in [0.1, 0.15) is 43.8 Å². The average molecular weight is 364 g/mol. The lowest BCUT2D eigenvalue weighted by molar-refractivity contribution is 0.329. The second-order valence-electron chi connectivity index (χ2n) is 8.06. The van der Waals surface area contributed by atoms with Gasteiger partial charge in [0.25, 0.3) is 0 Å². The van der Waals surface area contributed by atoms with Gasteiger partial charge in [-0.2, -0.15) is 5.10 Å². The van der Waals surface area contributed by atoms with Gasteiger partial charge in [-0.15, -0.1) is 0 Å². The Balaban J connectivity index is 2.06. The number of aromatic nitrogens is 3. The molecule has 0 aliphatic carbocycles. The van der Waals surface area contributed by atoms with Gasteiger partial charge in [0.1, 0.15) is 17.9 Å². The highest BCUT2D eigenvalue weighted by atomic mass is 16.5. The molecule has 0 aliphatic rings. The van der Waals surface area contributed by atoms with Crippen molar-refractivity contribution >= 4 is 0 Å². The van der Waals surface area contributed by atoms with E-state index in [1.165, 1.54) is 17.5 Å². The van der Waals surface area contributed by atoms with Crippen molar-refractivity contribution in [1.29, 1.82) is 0 Å². The zero-order chi connectivity index (χ0) is 19.6. The molecular formula is C22H28N4O. The van der Waals surface area contributed by atoms with E-state index >= 15 is 0 Å². The van der Waals surface area contributed by atoms with Crippen LogP contribution in [0, 0.1) is 0 Å². The van der Waals surface area contributed by atoms with E-state index in [9.17, 15) is 0 Å². The number of ether oxygens (including phenoxy) is 1. The minimum atomic E-state index is -0.0322. The first-order chi connectivity index (χ1) is 12.8. The van der Waals surface area contributed by atoms with Gasteiger partial charge in [0, 0.05) is 0 Å². The number of rotatable bonds is 5. The van der Waals surface area contributed by atoms with Crippen LogP contribution in [0.25, 0.3) is 11.1 Å². The van der Waals surface area contributed by atoms with Gasteiger partial charge in [-0.05, 0) is 60.0 Å². The van der Waals surface area contributed by atoms with Crippen LogP contribution in [0.4, 0.5) is 0 Å². The fourth-order valence-electron chi connectivity index (χ4n) is 3.27. The molecule has 1 N–H and O–H groups in total. The third-order valence-electron chi connectivity index (χ3n) is 4.77. The highest BCUT2D eigenvalue weighted by Gasteiger charge is 2.21. The number of aromatic amines is 1. The van der Waals surface area contributed by atoms with Crippen molar-refractivity contribution in [1.82, 2.24) is 20.1 Å². The van der Waals surface area contributed by atoms with Crippen LogP contribution in [0.15, 0.2) is 48.8 Å². The summed E-state index contributed by atoms with van der Waals surface area (Å²) in [4.78, 5) is 6.47. The minimum absolute atomic E-state index is 0.0322. The number of methoxy groups -OCH3 is 1. The van der Waals surface area contributed by atoms with Crippen molar-refractivity contribution in [2.45, 2.75) is 32.2 Å². The molecular weight excluding hydrogens is 336 g/mol. The fourth-order valence-corrected chi connectivity index (χ4v) is 3.27. The molecule has 0 radical (unpaired) electrons. The van der Waals surface area contributed by atoms with E-state index in [0.29, 0.717) is 0 Å². The summed E-state index contributed by atoms with van der Waals surface area (Å²) in [5.74, 6) is 1.64. The third kappa shape index (κ3) is 4.19. The maximum Gasteiger partial charge on any atom is 0.146 e. The van der Waals surface area contributed by atoms with Gasteiger partial charge in [0.2, 0.25) is 0 Å². The second-order valence-corrected chi connectivity index (χ2v) is 8.06. The maximum atomic E-state index is 5.58. The van der Waals surface area contributed by atoms with Crippen LogP contribution in [-0.2, 0) is 5.41 Å². The first kappa shape index (κ1) is 19.1. The van der Waals surface area contributed by atoms with Gasteiger partial charge in [-0.25, -0.2) is 4.98 Å². The van der Waals surface area contributed by atoms with Crippen LogP contribution in [0.3, 0.4) is 0 Å². The molecule has 1 atom stereocenters. The fraction of sp³-hybridized carbons (Fsp3) is 0.364. The Morgan fingerprint density at radius 2 is 1.70 bits per heavy atom. The molecule has 3 aromatic rings. The number of H-pyrrole nitrogens is 1. The summed E-state index contributed by atoms with van der Waals surface area (Å²) in [5, 5.41) is 7.01. The monoisotopic (exact) mass is 364 g/mol. The lowest BCUT2D eigenvalue weighted by Gasteiger charge is -2.24. The lowest BCUT2D eigenvalue weighted by Crippen LogP contribution is -2.22. The molecule has 2 aromatic carbocycles. The van der Waals surface area contributed by atoms with Gasteiger partial charge in [0.05, 0.1) is 13.2 Å². The predicted octanol–water partition coefficient (Wildman–Crippen LogP) is 4.43. The molecule has 0 amide bonds. The van der Waals surface area contributed by atoms with Gasteiger partial charge in [-0.1, -0.05) is 45.0 Å². The van der Waals surface area contributed by atoms with E-state index in [1.807, 2.05) is 14.1 Å². The first-order valence-corrected chi connectivity index (χ1v) is 9.11. The Morgan fingerprint density at radius 1 is 1.00 bits per heavy atom. The van der Waals surface area contributed by atoms with Gasteiger partial charge < -0.3 is 4.74 Å². The van der Waals surface area contributed by atoms with Crippen LogP contribution in [0.2, 0.25) is 0 Å². The molecule has 0 bridgehead atoms. The van der Waals surface area contributed by atoms with Crippen LogP contribution in [-0.4, -0.2) is 41.3 Å². The topological polar surface area (TPSA) is 54.0 Å². The Morgan fingerprint density at radius 3 is 2.22 bits per heavy atom. The Bertz CT molecular complexity index is 878. The zero-order valence-corrected chi connectivity index (χ0v) is 16.9. The summed E-state index contributed by atoms with van der Waals surface area (Å²) in [5.41, 5.74) is 4.85. The summed E-state index contributed by atoms with van der Waals surface area (Å²) in [6, 6.07) is 15.1. The largest absolute Gasteiger partial charge is 0.497 e. The molecule has 0 fully saturated rings. The number of benzene rings is 2. The Kier molecular flexibility index (Phi) is 5.33. The van der Waals surface area contributed by atoms with E-state index in [2.05, 4.69) is 83.3 Å². The van der Waals surface area contributed by atoms with Gasteiger partial charge in [0.15, 0.2) is 0 Å². The summed E-state index contributed by atoms with van der Waals surface area (Å²) < 4.78 is 5.58. The van der Waals surface area contributed by atoms with Crippen molar-refractivity contribution in [2.75, 3.05) is 21.2 Å². The standard InChI is InChI=1S/C22H28N4O/c1-22(2,3)18-9-7-15(8-10-18)16-11-17(13-19(12-16)27-6)20(26(4)5)21-23-14-24-25-21/h7-14,20H,1-6H3,(H,23,24,25). The smallest absolute Gasteiger partial charge is 0.146 e. The molecule has 0 saturated carbocycles. The quantitative estimate of drug-likeness (QED) is 0.728. The summed E-state index contributed by atoms with van der Waals surface area (Å²) in [7, 11) is 5.76. The molecule has 0 spiro atoms. The molecule has 1 aromatic heterocycles. The van der Waals surface area contributed by atoms with Gasteiger partial charge >= 0.3 is 0 Å². The van der Waals surface area contributed by atoms with Gasteiger partial charge in [-0.3, -0.25) is 10.00 Å². The normalized spacial score (nSPS) is 13.0. The van der Waals surface area contributed by atoms with E-state index < -0.39 is 0 Å². The minimum Gasteiger partial charge on any atom is -0.497 e. The Hall–Kier alpha value is -2.66. The second kappa shape index (κ2) is 7.53. The molecule has 27 heavy (non-hydrogen) atoms. The SMILES string of the molecule is COc1cc(-c2ccc(C(C)(C)C)cc2)cc(C(c2ncn[nH]2)N(C)C)c1. The average Bonchev–Trinajstić information content (AvgIpc) is 3.14. The summed E-state index contributed by atoms with van der Waals surface area (Å²) >= 11 is 0. The van der Waals surface area contributed by atoms with E-state index in [4.69, 9.17) is 4.74 Å². The highest BCUT2D eigenvalue weighted by Crippen LogP contribution is 2.33. The number of hydrogen-bond donors (Lipinski definition) is 1. The van der Waals surface area contributed by atoms with E-state index in [0.717, 1.165) is 22.7 Å². The molecule has 142 valence electrons. The first-order valence-electron chi connectivity index (χ1n) is 9.11. The molecule has 5 nitrogen and oxygen atoms in total. The van der Waals surface area contributed by atoms with Crippen molar-refractivity contribution in [2.24, 2.45) is 0 Å². The van der Waals surface area contributed by atoms with Crippen molar-refractivity contribution in [3.05, 3.63) is 65.7 Å². The number of hydrogen-bond acceptors (Lipinski definition) is 4. The van der Waals surface area contributed by atoms with E-state index in [1.54, 1.807) is 7.11 Å². The molecule has 0 saturated heterocycles. The summed E-state index contributed by atoms with van der Waals surface area (Å²) in [6.45, 7) is 6.68. The number of nitrogens with zero attached hydrogens (tertiary/aromatic N) is 3. The third-order valence-corrected chi connectivity index (χ3v) is 4.77. The van der Waals surface area contributed by atoms with Crippen molar-refractivity contribution in [3.63, 3.8) is 0 Å². The van der Waals surface area contributed by atoms with E-state index in [-0.39, 0.29) is 11.5 Å². The lowest BCUT2D eigenvalue weighted by atomic mass is 9.86. The molecule has 3 rings (SSSR count). The molecule has 1 unspecified atom stereocenters. The maximum absolute atomic E-state index is 5.58. The van der Waals surface area contributed by atoms with Crippen LogP contribution < -0.4 is 4.74 Å². The zero-order valence-electron chi connectivity index (χ0n) is 16.9. The summed E-state index contributed by atoms with van der Waals surface area (Å²) in [6.07, 6.45) is 1.54. The molecule has 0 aliphatic heterocycles. The van der Waals surface area contributed by atoms with Crippen molar-refractivity contribution < 1.29 is 4.74 Å². The molecule has 1 heterocycles. The van der Waals surface area contributed by atoms with Crippen LogP contribution >= 0.6 is 0 Å². The van der Waals surface area contributed by atoms with Crippen LogP contribution in [0.5, 0.6) is 5.75 Å². The Labute approximate surface area is 161 Å². The van der Waals surface area contributed by atoms with Crippen molar-refractivity contribution in [3.8, 4) is 16.9 Å². The highest BCUT2D eigenvalue weighted by molar-refractivity contribution is 5.67. The predicted molar refractivity (Wildman–Crippen MR) is 109 cm³/mol. The molecule has 5 heteroatoms.